The van der Waals surface area contributed by atoms with Crippen LogP contribution in [0.25, 0.3) is 44.6 Å². The standard InChI is InChI=1S/C32H22O38S8/c33-27-25-21(9-15(63-71(35,36)37)11-23(25)61-29(31(27)69-77(53,54)55)13-1-3-17(65-73(41,42)43)19(7-13)67-75(47,48)49)59-5-6-60-22-10-16(64-72(38,39)40)12-24-26(22)28(34)32(70-78(56,57)58)30(62-24)14-2-4-18(66-74(44,45)46)20(8-14)68-76(50,51)52/h1-4,7-12H,5-6H2,(H,35,36,37)(H,38,39,40)(H,41,42,43)(H,44,45,46)(H,47,48,49)(H,50,51,52)(H,53,54,55)(H,56,57,58)/p-8. The summed E-state index contributed by atoms with van der Waals surface area (Å²) in [7, 11) is -47.3. The summed E-state index contributed by atoms with van der Waals surface area (Å²) in [5.41, 5.74) is -7.74. The zero-order valence-corrected chi connectivity index (χ0v) is 42.5. The van der Waals surface area contributed by atoms with Crippen molar-refractivity contribution >= 4 is 105 Å². The summed E-state index contributed by atoms with van der Waals surface area (Å²) in [4.78, 5) is 28.1. The molecule has 38 nitrogen and oxygen atoms in total. The maximum absolute atomic E-state index is 14.0. The Kier molecular flexibility index (Phi) is 16.2. The fourth-order valence-electron chi connectivity index (χ4n) is 6.09. The summed E-state index contributed by atoms with van der Waals surface area (Å²) in [5.74, 6) is -16.4. The van der Waals surface area contributed by atoms with Crippen molar-refractivity contribution < 1.29 is 156 Å². The van der Waals surface area contributed by atoms with Gasteiger partial charge in [-0.2, -0.15) is 0 Å². The Balaban J connectivity index is 1.51. The van der Waals surface area contributed by atoms with Gasteiger partial charge in [-0.1, -0.05) is 0 Å². The molecule has 0 radical (unpaired) electrons. The molecule has 0 fully saturated rings. The molecule has 0 unspecified atom stereocenters. The largest absolute Gasteiger partial charge is 0.716 e. The molecule has 0 saturated heterocycles. The van der Waals surface area contributed by atoms with Crippen LogP contribution in [0.3, 0.4) is 0 Å². The van der Waals surface area contributed by atoms with Gasteiger partial charge in [-0.25, -0.2) is 67.3 Å². The van der Waals surface area contributed by atoms with E-state index in [2.05, 4.69) is 33.5 Å². The molecule has 78 heavy (non-hydrogen) atoms. The second-order valence-corrected chi connectivity index (χ2v) is 21.6. The van der Waals surface area contributed by atoms with E-state index in [4.69, 9.17) is 18.3 Å². The van der Waals surface area contributed by atoms with Crippen LogP contribution in [0.5, 0.6) is 57.5 Å². The molecule has 0 bridgehead atoms. The van der Waals surface area contributed by atoms with E-state index in [9.17, 15) is 113 Å². The van der Waals surface area contributed by atoms with Gasteiger partial charge >= 0.3 is 0 Å². The van der Waals surface area contributed by atoms with E-state index >= 15 is 0 Å². The predicted molar refractivity (Wildman–Crippen MR) is 229 cm³/mol. The minimum Gasteiger partial charge on any atom is -0.716 e. The molecule has 0 saturated carbocycles. The molecule has 6 aromatic rings. The van der Waals surface area contributed by atoms with Gasteiger partial charge in [-0.15, -0.1) is 0 Å². The van der Waals surface area contributed by atoms with Crippen LogP contribution in [0.1, 0.15) is 0 Å². The van der Waals surface area contributed by atoms with Crippen LogP contribution in [-0.2, 0) is 83.2 Å². The van der Waals surface area contributed by atoms with Crippen molar-refractivity contribution in [1.82, 2.24) is 0 Å². The normalized spacial score (nSPS) is 12.9. The molecule has 0 aliphatic heterocycles. The maximum Gasteiger partial charge on any atom is 0.262 e. The zero-order valence-electron chi connectivity index (χ0n) is 36.0. The van der Waals surface area contributed by atoms with Gasteiger partial charge in [0.05, 0.1) is 0 Å². The highest BCUT2D eigenvalue weighted by molar-refractivity contribution is 7.82. The summed E-state index contributed by atoms with van der Waals surface area (Å²) >= 11 is 0. The lowest BCUT2D eigenvalue weighted by molar-refractivity contribution is 0.219. The van der Waals surface area contributed by atoms with Crippen molar-refractivity contribution in [2.24, 2.45) is 0 Å². The first-order valence-electron chi connectivity index (χ1n) is 18.5. The molecule has 2 heterocycles. The van der Waals surface area contributed by atoms with Gasteiger partial charge in [-0.3, -0.25) is 9.59 Å². The average molecular weight is 1260 g/mol. The minimum atomic E-state index is -6.12. The fourth-order valence-corrected chi connectivity index (χ4v) is 8.88. The number of hydrogen-bond acceptors (Lipinski definition) is 38. The Hall–Kier alpha value is -7.42. The first-order chi connectivity index (χ1) is 35.4. The molecule has 46 heteroatoms. The molecule has 2 aromatic heterocycles. The van der Waals surface area contributed by atoms with Gasteiger partial charge in [0.2, 0.25) is 22.4 Å². The molecular weight excluding hydrogens is 1250 g/mol. The van der Waals surface area contributed by atoms with Crippen LogP contribution in [0.2, 0.25) is 0 Å². The van der Waals surface area contributed by atoms with E-state index in [1.807, 2.05) is 0 Å². The van der Waals surface area contributed by atoms with Gasteiger partial charge < -0.3 is 88.2 Å². The van der Waals surface area contributed by atoms with Crippen LogP contribution in [0.4, 0.5) is 0 Å². The monoisotopic (exact) mass is 1260 g/mol. The quantitative estimate of drug-likeness (QED) is 0.0361. The lowest BCUT2D eigenvalue weighted by Crippen LogP contribution is -2.18. The van der Waals surface area contributed by atoms with Crippen molar-refractivity contribution in [3.63, 3.8) is 0 Å². The summed E-state index contributed by atoms with van der Waals surface area (Å²) in [6.07, 6.45) is 0. The van der Waals surface area contributed by atoms with Gasteiger partial charge in [0.1, 0.15) is 58.2 Å². The Labute approximate surface area is 432 Å². The Morgan fingerprint density at radius 3 is 0.897 bits per heavy atom. The van der Waals surface area contributed by atoms with Crippen LogP contribution < -0.4 is 53.8 Å². The summed E-state index contributed by atoms with van der Waals surface area (Å²) in [5, 5.41) is -2.26. The minimum absolute atomic E-state index is 0.213. The molecule has 4 aromatic carbocycles. The first kappa shape index (κ1) is 59.8. The second kappa shape index (κ2) is 21.1. The van der Waals surface area contributed by atoms with E-state index in [1.54, 1.807) is 0 Å². The highest BCUT2D eigenvalue weighted by Gasteiger charge is 2.28. The smallest absolute Gasteiger partial charge is 0.262 e. The van der Waals surface area contributed by atoms with Crippen molar-refractivity contribution in [3.8, 4) is 80.1 Å². The number of rotatable bonds is 23. The van der Waals surface area contributed by atoms with Gasteiger partial charge in [0, 0.05) is 35.4 Å². The molecular formula is C32H14O38S8-8. The Morgan fingerprint density at radius 2 is 0.615 bits per heavy atom. The lowest BCUT2D eigenvalue weighted by atomic mass is 10.1. The summed E-state index contributed by atoms with van der Waals surface area (Å²) in [6, 6.07) is 3.63. The third-order valence-corrected chi connectivity index (χ3v) is 11.4. The van der Waals surface area contributed by atoms with Crippen molar-refractivity contribution in [3.05, 3.63) is 81.1 Å². The third kappa shape index (κ3) is 16.5. The molecule has 6 rings (SSSR count). The van der Waals surface area contributed by atoms with Gasteiger partial charge in [0.15, 0.2) is 34.5 Å². The van der Waals surface area contributed by atoms with E-state index in [0.29, 0.717) is 48.5 Å². The summed E-state index contributed by atoms with van der Waals surface area (Å²) < 4.78 is 332. The fraction of sp³-hybridized carbons (Fsp3) is 0.0625. The van der Waals surface area contributed by atoms with Crippen LogP contribution in [0.15, 0.2) is 79.1 Å². The van der Waals surface area contributed by atoms with E-state index in [1.165, 1.54) is 0 Å². The highest BCUT2D eigenvalue weighted by atomic mass is 32.3. The van der Waals surface area contributed by atoms with Crippen molar-refractivity contribution in [1.29, 1.82) is 0 Å². The number of fused-ring (bicyclic) bond motifs is 2. The van der Waals surface area contributed by atoms with E-state index in [0.717, 1.165) is 0 Å². The lowest BCUT2D eigenvalue weighted by Gasteiger charge is -2.19. The van der Waals surface area contributed by atoms with Gasteiger partial charge in [0.25, 0.3) is 83.2 Å². The van der Waals surface area contributed by atoms with Crippen LogP contribution in [-0.4, -0.2) is 117 Å². The van der Waals surface area contributed by atoms with E-state index < -0.39 is 209 Å². The van der Waals surface area contributed by atoms with Crippen LogP contribution >= 0.6 is 0 Å². The zero-order chi connectivity index (χ0) is 58.5. The highest BCUT2D eigenvalue weighted by Crippen LogP contribution is 2.43. The molecule has 0 spiro atoms. The molecule has 0 N–H and O–H groups in total. The second-order valence-electron chi connectivity index (χ2n) is 13.7. The predicted octanol–water partition coefficient (Wildman–Crippen LogP) is -2.60. The van der Waals surface area contributed by atoms with Crippen molar-refractivity contribution in [2.75, 3.05) is 13.2 Å². The number of ether oxygens (including phenoxy) is 2. The third-order valence-electron chi connectivity index (χ3n) is 8.33. The Morgan fingerprint density at radius 1 is 0.333 bits per heavy atom. The molecule has 0 amide bonds. The molecule has 0 atom stereocenters. The average Bonchev–Trinajstić information content (AvgIpc) is 3.21. The number of hydrogen-bond donors (Lipinski definition) is 0. The summed E-state index contributed by atoms with van der Waals surface area (Å²) in [6.45, 7) is -2.27. The topological polar surface area (TPSA) is 610 Å². The Bertz CT molecular complexity index is 4240. The molecule has 426 valence electrons. The van der Waals surface area contributed by atoms with Crippen LogP contribution in [0, 0.1) is 0 Å². The SMILES string of the molecule is O=c1c(OS(=O)(=O)[O-])c(-c2ccc(OS(=O)(=O)[O-])c(OS(=O)(=O)[O-])c2)oc2cc(OS(=O)(=O)[O-])cc(OCCOc3cc(OS(=O)(=O)[O-])cc4oc(-c5ccc(OS(=O)(=O)[O-])c(OS(=O)(=O)[O-])c5)c(OS(=O)(=O)[O-])c(=O)c34)c12. The first-order valence-corrected chi connectivity index (χ1v) is 29.1. The molecule has 0 aliphatic carbocycles. The van der Waals surface area contributed by atoms with Crippen molar-refractivity contribution in [2.45, 2.75) is 0 Å². The molecule has 0 aliphatic rings. The maximum atomic E-state index is 14.0. The van der Waals surface area contributed by atoms with Gasteiger partial charge in [-0.05, 0) is 36.4 Å². The number of benzene rings is 4. The van der Waals surface area contributed by atoms with E-state index in [-0.39, 0.29) is 12.1 Å².